The molecule has 2 heterocycles. The fourth-order valence-corrected chi connectivity index (χ4v) is 5.63. The zero-order chi connectivity index (χ0) is 31.8. The first kappa shape index (κ1) is 31.7. The van der Waals surface area contributed by atoms with Gasteiger partial charge in [0.1, 0.15) is 29.5 Å². The molecule has 1 aromatic rings. The zero-order valence-electron chi connectivity index (χ0n) is 24.5. The largest absolute Gasteiger partial charge is 0.479 e. The number of likely N-dealkylation sites (tertiary alicyclic amines) is 1. The van der Waals surface area contributed by atoms with Gasteiger partial charge >= 0.3 is 18.2 Å². The summed E-state index contributed by atoms with van der Waals surface area (Å²) in [5, 5.41) is 23.1. The number of carbonyl (C=O) groups is 5. The standard InChI is InChI=1S/C29H37FN4O9/c1-6-18-11-29(18,26(37)38)31-24(35)22-10-19(43-27(39)32-12-17-8-7-9-21(30)20(17)14-32)13-33(22)25(36)23(15(2)3)34(41)28(40)42-16(4)5/h6-9,15-16,18-19,22-23,41H,1,10-14H2,2-5H3,(H,31,35)(H,37,38)/t18-,19-,22+,23?,29?/m1/s1. The van der Waals surface area contributed by atoms with E-state index in [0.29, 0.717) is 11.1 Å². The first-order valence-electron chi connectivity index (χ1n) is 14.1. The Balaban J connectivity index is 1.55. The number of hydroxylamine groups is 2. The molecular weight excluding hydrogens is 567 g/mol. The molecule has 14 heteroatoms. The molecule has 2 fully saturated rings. The average molecular weight is 605 g/mol. The SMILES string of the molecule is C=C[C@@H]1CC1(NC(=O)[C@@H]1C[C@@H](OC(=O)N2Cc3cccc(F)c3C2)CN1C(=O)C(C(C)C)N(O)C(=O)OC(C)C)C(=O)O. The Bertz CT molecular complexity index is 1320. The summed E-state index contributed by atoms with van der Waals surface area (Å²) in [6, 6.07) is 1.77. The highest BCUT2D eigenvalue weighted by molar-refractivity contribution is 5.96. The Morgan fingerprint density at radius 2 is 1.88 bits per heavy atom. The van der Waals surface area contributed by atoms with E-state index in [1.54, 1.807) is 39.8 Å². The maximum atomic E-state index is 14.2. The van der Waals surface area contributed by atoms with Gasteiger partial charge in [-0.15, -0.1) is 6.58 Å². The maximum absolute atomic E-state index is 14.2. The molecular formula is C29H37FN4O9. The quantitative estimate of drug-likeness (QED) is 0.218. The van der Waals surface area contributed by atoms with Gasteiger partial charge in [0, 0.05) is 24.4 Å². The highest BCUT2D eigenvalue weighted by Crippen LogP contribution is 2.45. The van der Waals surface area contributed by atoms with Crippen molar-refractivity contribution >= 4 is 30.0 Å². The van der Waals surface area contributed by atoms with Crippen molar-refractivity contribution in [1.82, 2.24) is 20.2 Å². The smallest absolute Gasteiger partial charge is 0.434 e. The van der Waals surface area contributed by atoms with Gasteiger partial charge in [-0.2, -0.15) is 5.06 Å². The molecule has 0 aromatic heterocycles. The number of nitrogens with zero attached hydrogens (tertiary/aromatic N) is 3. The number of amides is 4. The van der Waals surface area contributed by atoms with Crippen LogP contribution in [0.1, 0.15) is 51.7 Å². The third-order valence-electron chi connectivity index (χ3n) is 8.00. The lowest BCUT2D eigenvalue weighted by molar-refractivity contribution is -0.163. The molecule has 3 aliphatic rings. The molecule has 1 aromatic carbocycles. The van der Waals surface area contributed by atoms with Crippen LogP contribution in [0.15, 0.2) is 30.9 Å². The molecule has 1 aliphatic carbocycles. The van der Waals surface area contributed by atoms with Crippen molar-refractivity contribution in [2.45, 2.75) is 83.5 Å². The fourth-order valence-electron chi connectivity index (χ4n) is 5.63. The van der Waals surface area contributed by atoms with Crippen LogP contribution in [0.25, 0.3) is 0 Å². The number of nitrogens with one attached hydrogen (secondary N) is 1. The summed E-state index contributed by atoms with van der Waals surface area (Å²) in [7, 11) is 0. The highest BCUT2D eigenvalue weighted by atomic mass is 19.1. The van der Waals surface area contributed by atoms with E-state index in [4.69, 9.17) is 9.47 Å². The van der Waals surface area contributed by atoms with Crippen LogP contribution in [0.3, 0.4) is 0 Å². The number of hydrogen-bond acceptors (Lipinski definition) is 8. The summed E-state index contributed by atoms with van der Waals surface area (Å²) in [4.78, 5) is 67.3. The lowest BCUT2D eigenvalue weighted by atomic mass is 10.0. The van der Waals surface area contributed by atoms with E-state index in [1.165, 1.54) is 17.0 Å². The minimum atomic E-state index is -1.59. The molecule has 0 radical (unpaired) electrons. The van der Waals surface area contributed by atoms with Crippen LogP contribution in [0.2, 0.25) is 0 Å². The Labute approximate surface area is 248 Å². The van der Waals surface area contributed by atoms with E-state index in [1.807, 2.05) is 0 Å². The van der Waals surface area contributed by atoms with Gasteiger partial charge in [0.15, 0.2) is 0 Å². The third kappa shape index (κ3) is 6.28. The summed E-state index contributed by atoms with van der Waals surface area (Å²) in [5.41, 5.74) is -0.584. The molecule has 13 nitrogen and oxygen atoms in total. The predicted molar refractivity (Wildman–Crippen MR) is 147 cm³/mol. The Morgan fingerprint density at radius 1 is 1.19 bits per heavy atom. The number of ether oxygens (including phenoxy) is 2. The molecule has 43 heavy (non-hydrogen) atoms. The van der Waals surface area contributed by atoms with Crippen molar-refractivity contribution in [1.29, 1.82) is 0 Å². The van der Waals surface area contributed by atoms with Crippen molar-refractivity contribution in [2.75, 3.05) is 6.54 Å². The van der Waals surface area contributed by atoms with Gasteiger partial charge in [0.25, 0.3) is 0 Å². The van der Waals surface area contributed by atoms with Crippen LogP contribution in [0, 0.1) is 17.7 Å². The third-order valence-corrected chi connectivity index (χ3v) is 8.00. The molecule has 4 amide bonds. The van der Waals surface area contributed by atoms with Crippen LogP contribution in [-0.4, -0.2) is 91.5 Å². The van der Waals surface area contributed by atoms with E-state index in [-0.39, 0.29) is 37.5 Å². The van der Waals surface area contributed by atoms with Gasteiger partial charge in [0.05, 0.1) is 19.2 Å². The topological polar surface area (TPSA) is 166 Å². The summed E-state index contributed by atoms with van der Waals surface area (Å²) in [6.07, 6.45) is -2.18. The van der Waals surface area contributed by atoms with Crippen molar-refractivity contribution < 1.29 is 48.2 Å². The van der Waals surface area contributed by atoms with E-state index >= 15 is 0 Å². The van der Waals surface area contributed by atoms with Crippen molar-refractivity contribution in [2.24, 2.45) is 11.8 Å². The minimum absolute atomic E-state index is 0.0168. The van der Waals surface area contributed by atoms with Gasteiger partial charge in [-0.05, 0) is 37.8 Å². The van der Waals surface area contributed by atoms with Gasteiger partial charge in [-0.25, -0.2) is 18.8 Å². The average Bonchev–Trinajstić information content (AvgIpc) is 3.25. The Hall–Kier alpha value is -4.20. The predicted octanol–water partition coefficient (Wildman–Crippen LogP) is 2.65. The van der Waals surface area contributed by atoms with Crippen LogP contribution in [0.4, 0.5) is 14.0 Å². The van der Waals surface area contributed by atoms with E-state index < -0.39 is 77.5 Å². The highest BCUT2D eigenvalue weighted by Gasteiger charge is 2.61. The minimum Gasteiger partial charge on any atom is -0.479 e. The monoisotopic (exact) mass is 604 g/mol. The van der Waals surface area contributed by atoms with Gasteiger partial charge in [-0.1, -0.05) is 32.1 Å². The molecule has 2 unspecified atom stereocenters. The van der Waals surface area contributed by atoms with Gasteiger partial charge in [0.2, 0.25) is 11.8 Å². The van der Waals surface area contributed by atoms with E-state index in [9.17, 15) is 38.7 Å². The second-order valence-corrected chi connectivity index (χ2v) is 11.8. The number of carbonyl (C=O) groups excluding carboxylic acids is 4. The molecule has 5 atom stereocenters. The van der Waals surface area contributed by atoms with Crippen LogP contribution >= 0.6 is 0 Å². The van der Waals surface area contributed by atoms with Gasteiger partial charge < -0.3 is 24.8 Å². The number of aliphatic carboxylic acids is 1. The molecule has 1 saturated carbocycles. The lowest BCUT2D eigenvalue weighted by Crippen LogP contribution is -2.58. The summed E-state index contributed by atoms with van der Waals surface area (Å²) >= 11 is 0. The second-order valence-electron chi connectivity index (χ2n) is 11.8. The molecule has 4 rings (SSSR count). The summed E-state index contributed by atoms with van der Waals surface area (Å²) in [6.45, 7) is 9.73. The Morgan fingerprint density at radius 3 is 2.44 bits per heavy atom. The number of benzene rings is 1. The van der Waals surface area contributed by atoms with Crippen molar-refractivity contribution in [3.63, 3.8) is 0 Å². The molecule has 0 spiro atoms. The van der Waals surface area contributed by atoms with Crippen LogP contribution < -0.4 is 5.32 Å². The Kier molecular flexibility index (Phi) is 9.00. The van der Waals surface area contributed by atoms with Crippen molar-refractivity contribution in [3.8, 4) is 0 Å². The number of hydrogen-bond donors (Lipinski definition) is 3. The molecule has 234 valence electrons. The number of rotatable bonds is 9. The number of carboxylic acid groups (broad SMARTS) is 1. The first-order valence-corrected chi connectivity index (χ1v) is 14.1. The summed E-state index contributed by atoms with van der Waals surface area (Å²) < 4.78 is 24.9. The first-order chi connectivity index (χ1) is 20.2. The number of fused-ring (bicyclic) bond motifs is 1. The maximum Gasteiger partial charge on any atom is 0.434 e. The van der Waals surface area contributed by atoms with Gasteiger partial charge in [-0.3, -0.25) is 19.7 Å². The molecule has 0 bridgehead atoms. The zero-order valence-corrected chi connectivity index (χ0v) is 24.5. The van der Waals surface area contributed by atoms with Crippen molar-refractivity contribution in [3.05, 3.63) is 47.8 Å². The second kappa shape index (κ2) is 12.2. The molecule has 1 saturated heterocycles. The van der Waals surface area contributed by atoms with Crippen LogP contribution in [-0.2, 0) is 36.9 Å². The summed E-state index contributed by atoms with van der Waals surface area (Å²) in [5.74, 6) is -4.49. The normalized spacial score (nSPS) is 24.8. The fraction of sp³-hybridized carbons (Fsp3) is 0.552. The lowest BCUT2D eigenvalue weighted by Gasteiger charge is -2.33. The number of halogens is 1. The molecule has 3 N–H and O–H groups in total. The van der Waals surface area contributed by atoms with E-state index in [2.05, 4.69) is 11.9 Å². The molecule has 2 aliphatic heterocycles. The van der Waals surface area contributed by atoms with Crippen LogP contribution in [0.5, 0.6) is 0 Å². The number of carboxylic acids is 1. The van der Waals surface area contributed by atoms with E-state index in [0.717, 1.165) is 4.90 Å².